The first-order chi connectivity index (χ1) is 7.34. The van der Waals surface area contributed by atoms with Crippen molar-refractivity contribution < 1.29 is 0 Å². The second-order valence-electron chi connectivity index (χ2n) is 3.76. The zero-order valence-electron chi connectivity index (χ0n) is 8.47. The molecule has 0 amide bonds. The number of thiophene rings is 1. The van der Waals surface area contributed by atoms with Gasteiger partial charge in [-0.1, -0.05) is 5.21 Å². The van der Waals surface area contributed by atoms with Gasteiger partial charge >= 0.3 is 0 Å². The summed E-state index contributed by atoms with van der Waals surface area (Å²) >= 11 is 1.80. The minimum Gasteiger partial charge on any atom is -0.304 e. The Hall–Kier alpha value is -1.20. The molecule has 0 aromatic carbocycles. The molecule has 2 aromatic rings. The molecule has 1 unspecified atom stereocenters. The predicted molar refractivity (Wildman–Crippen MR) is 58.9 cm³/mol. The fraction of sp³-hybridized carbons (Fsp3) is 0.400. The van der Waals surface area contributed by atoms with Gasteiger partial charge < -0.3 is 5.32 Å². The van der Waals surface area contributed by atoms with Gasteiger partial charge in [-0.25, -0.2) is 0 Å². The lowest BCUT2D eigenvalue weighted by atomic mass is 10.0. The summed E-state index contributed by atoms with van der Waals surface area (Å²) in [7, 11) is 1.90. The molecule has 0 saturated heterocycles. The summed E-state index contributed by atoms with van der Waals surface area (Å²) in [5.74, 6) is 0. The molecule has 3 heterocycles. The van der Waals surface area contributed by atoms with Crippen LogP contribution in [0, 0.1) is 0 Å². The van der Waals surface area contributed by atoms with Gasteiger partial charge in [0.15, 0.2) is 0 Å². The molecule has 0 aliphatic carbocycles. The molecule has 0 bridgehead atoms. The van der Waals surface area contributed by atoms with Gasteiger partial charge in [-0.05, 0) is 23.4 Å². The number of hydrogen-bond donors (Lipinski definition) is 1. The molecule has 78 valence electrons. The summed E-state index contributed by atoms with van der Waals surface area (Å²) in [6, 6.07) is 2.45. The van der Waals surface area contributed by atoms with E-state index < -0.39 is 0 Å². The van der Waals surface area contributed by atoms with Crippen molar-refractivity contribution in [2.75, 3.05) is 6.54 Å². The van der Waals surface area contributed by atoms with Gasteiger partial charge in [0.05, 0.1) is 12.2 Å². The zero-order chi connectivity index (χ0) is 10.3. The molecule has 1 atom stereocenters. The van der Waals surface area contributed by atoms with E-state index in [-0.39, 0.29) is 6.04 Å². The summed E-state index contributed by atoms with van der Waals surface area (Å²) in [4.78, 5) is 1.39. The largest absolute Gasteiger partial charge is 0.304 e. The molecule has 3 rings (SSSR count). The maximum absolute atomic E-state index is 4.18. The average Bonchev–Trinajstić information content (AvgIpc) is 2.84. The van der Waals surface area contributed by atoms with E-state index in [1.165, 1.54) is 10.4 Å². The van der Waals surface area contributed by atoms with Crippen molar-refractivity contribution in [1.82, 2.24) is 20.3 Å². The SMILES string of the molecule is Cn1cc(C2NCCc3ccsc32)nn1. The molecule has 1 aliphatic heterocycles. The normalized spacial score (nSPS) is 20.2. The second-order valence-corrected chi connectivity index (χ2v) is 4.71. The Kier molecular flexibility index (Phi) is 2.07. The van der Waals surface area contributed by atoms with E-state index in [0.717, 1.165) is 18.7 Å². The molecule has 0 spiro atoms. The Bertz CT molecular complexity index is 473. The van der Waals surface area contributed by atoms with Crippen molar-refractivity contribution in [3.63, 3.8) is 0 Å². The zero-order valence-corrected chi connectivity index (χ0v) is 9.29. The highest BCUT2D eigenvalue weighted by Gasteiger charge is 2.24. The van der Waals surface area contributed by atoms with Crippen LogP contribution in [-0.2, 0) is 13.5 Å². The number of rotatable bonds is 1. The van der Waals surface area contributed by atoms with Crippen molar-refractivity contribution in [1.29, 1.82) is 0 Å². The summed E-state index contributed by atoms with van der Waals surface area (Å²) in [5, 5.41) is 13.8. The smallest absolute Gasteiger partial charge is 0.105 e. The van der Waals surface area contributed by atoms with Gasteiger partial charge in [0.2, 0.25) is 0 Å². The van der Waals surface area contributed by atoms with Crippen LogP contribution in [0.25, 0.3) is 0 Å². The summed E-state index contributed by atoms with van der Waals surface area (Å²) in [5.41, 5.74) is 2.47. The van der Waals surface area contributed by atoms with Crippen molar-refractivity contribution in [2.24, 2.45) is 7.05 Å². The fourth-order valence-corrected chi connectivity index (χ4v) is 3.03. The predicted octanol–water partition coefficient (Wildman–Crippen LogP) is 1.11. The molecule has 2 aromatic heterocycles. The Morgan fingerprint density at radius 3 is 3.33 bits per heavy atom. The van der Waals surface area contributed by atoms with Crippen LogP contribution in [0.15, 0.2) is 17.6 Å². The molecule has 1 aliphatic rings. The van der Waals surface area contributed by atoms with Gasteiger partial charge in [-0.2, -0.15) is 0 Å². The van der Waals surface area contributed by atoms with Crippen LogP contribution < -0.4 is 5.32 Å². The summed E-state index contributed by atoms with van der Waals surface area (Å²) < 4.78 is 1.75. The first kappa shape index (κ1) is 9.06. The molecule has 0 fully saturated rings. The summed E-state index contributed by atoms with van der Waals surface area (Å²) in [6.45, 7) is 1.02. The highest BCUT2D eigenvalue weighted by Crippen LogP contribution is 2.31. The highest BCUT2D eigenvalue weighted by atomic mass is 32.1. The van der Waals surface area contributed by atoms with E-state index in [4.69, 9.17) is 0 Å². The summed E-state index contributed by atoms with van der Waals surface area (Å²) in [6.07, 6.45) is 3.10. The van der Waals surface area contributed by atoms with Gasteiger partial charge in [0, 0.05) is 18.5 Å². The second kappa shape index (κ2) is 3.43. The number of nitrogens with zero attached hydrogens (tertiary/aromatic N) is 3. The molecule has 4 nitrogen and oxygen atoms in total. The number of nitrogens with one attached hydrogen (secondary N) is 1. The van der Waals surface area contributed by atoms with Crippen LogP contribution in [0.4, 0.5) is 0 Å². The van der Waals surface area contributed by atoms with Gasteiger partial charge in [0.1, 0.15) is 5.69 Å². The average molecular weight is 220 g/mol. The Morgan fingerprint density at radius 1 is 1.60 bits per heavy atom. The van der Waals surface area contributed by atoms with E-state index in [0.29, 0.717) is 0 Å². The number of fused-ring (bicyclic) bond motifs is 1. The number of hydrogen-bond acceptors (Lipinski definition) is 4. The van der Waals surface area contributed by atoms with E-state index in [2.05, 4.69) is 27.1 Å². The van der Waals surface area contributed by atoms with Crippen LogP contribution in [-0.4, -0.2) is 21.5 Å². The van der Waals surface area contributed by atoms with Gasteiger partial charge in [0.25, 0.3) is 0 Å². The van der Waals surface area contributed by atoms with Crippen molar-refractivity contribution in [2.45, 2.75) is 12.5 Å². The first-order valence-corrected chi connectivity index (χ1v) is 5.88. The van der Waals surface area contributed by atoms with Crippen molar-refractivity contribution in [3.8, 4) is 0 Å². The fourth-order valence-electron chi connectivity index (χ4n) is 1.99. The quantitative estimate of drug-likeness (QED) is 0.783. The maximum Gasteiger partial charge on any atom is 0.105 e. The number of aryl methyl sites for hydroxylation is 1. The Balaban J connectivity index is 2.02. The van der Waals surface area contributed by atoms with Crippen LogP contribution in [0.3, 0.4) is 0 Å². The minimum atomic E-state index is 0.238. The van der Waals surface area contributed by atoms with E-state index in [9.17, 15) is 0 Å². The first-order valence-electron chi connectivity index (χ1n) is 5.00. The van der Waals surface area contributed by atoms with Gasteiger partial charge in [-0.3, -0.25) is 4.68 Å². The Morgan fingerprint density at radius 2 is 2.53 bits per heavy atom. The molecule has 0 saturated carbocycles. The van der Waals surface area contributed by atoms with Crippen LogP contribution >= 0.6 is 11.3 Å². The Labute approximate surface area is 91.9 Å². The van der Waals surface area contributed by atoms with E-state index in [1.54, 1.807) is 16.0 Å². The molecular formula is C10H12N4S. The van der Waals surface area contributed by atoms with E-state index in [1.807, 2.05) is 13.2 Å². The molecular weight excluding hydrogens is 208 g/mol. The lowest BCUT2D eigenvalue weighted by molar-refractivity contribution is 0.566. The van der Waals surface area contributed by atoms with E-state index >= 15 is 0 Å². The topological polar surface area (TPSA) is 42.7 Å². The van der Waals surface area contributed by atoms with Gasteiger partial charge in [-0.15, -0.1) is 16.4 Å². The molecule has 5 heteroatoms. The molecule has 15 heavy (non-hydrogen) atoms. The highest BCUT2D eigenvalue weighted by molar-refractivity contribution is 7.10. The van der Waals surface area contributed by atoms with Crippen LogP contribution in [0.2, 0.25) is 0 Å². The molecule has 0 radical (unpaired) electrons. The third-order valence-corrected chi connectivity index (χ3v) is 3.73. The standard InChI is InChI=1S/C10H12N4S/c1-14-6-8(12-13-14)9-10-7(2-4-11-9)3-5-15-10/h3,5-6,9,11H,2,4H2,1H3. The third-order valence-electron chi connectivity index (χ3n) is 2.70. The number of aromatic nitrogens is 3. The maximum atomic E-state index is 4.18. The monoisotopic (exact) mass is 220 g/mol. The van der Waals surface area contributed by atoms with Crippen molar-refractivity contribution in [3.05, 3.63) is 33.8 Å². The van der Waals surface area contributed by atoms with Crippen LogP contribution in [0.5, 0.6) is 0 Å². The van der Waals surface area contributed by atoms with Crippen molar-refractivity contribution >= 4 is 11.3 Å². The third kappa shape index (κ3) is 1.48. The molecule has 1 N–H and O–H groups in total. The van der Waals surface area contributed by atoms with Crippen LogP contribution in [0.1, 0.15) is 22.2 Å². The lowest BCUT2D eigenvalue weighted by Gasteiger charge is -2.21. The minimum absolute atomic E-state index is 0.238. The lowest BCUT2D eigenvalue weighted by Crippen LogP contribution is -2.29.